The molecule has 0 aliphatic carbocycles. The number of benzene rings is 1. The Morgan fingerprint density at radius 1 is 1.15 bits per heavy atom. The number of unbranched alkanes of at least 4 members (excludes halogenated alkanes) is 2. The predicted molar refractivity (Wildman–Crippen MR) is 75.7 cm³/mol. The Hall–Kier alpha value is -1.88. The molecule has 20 heavy (non-hydrogen) atoms. The first-order chi connectivity index (χ1) is 9.56. The van der Waals surface area contributed by atoms with Gasteiger partial charge in [0.1, 0.15) is 0 Å². The molecule has 0 aliphatic heterocycles. The maximum Gasteiger partial charge on any atom is 0.335 e. The minimum absolute atomic E-state index is 0.0947. The van der Waals surface area contributed by atoms with E-state index in [-0.39, 0.29) is 24.5 Å². The molecule has 1 aromatic carbocycles. The molecule has 0 fully saturated rings. The summed E-state index contributed by atoms with van der Waals surface area (Å²) in [6.07, 6.45) is 2.55. The lowest BCUT2D eigenvalue weighted by Gasteiger charge is -2.17. The maximum atomic E-state index is 12.0. The molecule has 0 aliphatic rings. The lowest BCUT2D eigenvalue weighted by atomic mass is 10.0. The fourth-order valence-corrected chi connectivity index (χ4v) is 1.94. The van der Waals surface area contributed by atoms with Crippen LogP contribution in [0.4, 0.5) is 0 Å². The molecule has 0 spiro atoms. The summed E-state index contributed by atoms with van der Waals surface area (Å²) in [4.78, 5) is 24.7. The van der Waals surface area contributed by atoms with Crippen molar-refractivity contribution < 1.29 is 19.8 Å². The van der Waals surface area contributed by atoms with E-state index in [1.807, 2.05) is 0 Å². The Morgan fingerprint density at radius 2 is 1.85 bits per heavy atom. The number of aliphatic hydroxyl groups is 1. The lowest BCUT2D eigenvalue weighted by Crippen LogP contribution is -2.29. The fourth-order valence-electron chi connectivity index (χ4n) is 1.94. The van der Waals surface area contributed by atoms with Crippen molar-refractivity contribution in [2.75, 3.05) is 20.2 Å². The number of hydrogen-bond donors (Lipinski definition) is 2. The van der Waals surface area contributed by atoms with Gasteiger partial charge in [-0.1, -0.05) is 18.2 Å². The van der Waals surface area contributed by atoms with E-state index in [1.54, 1.807) is 30.1 Å². The van der Waals surface area contributed by atoms with Gasteiger partial charge in [0.25, 0.3) is 0 Å². The molecular formula is C15H21NO4. The molecule has 0 radical (unpaired) electrons. The molecular weight excluding hydrogens is 258 g/mol. The Balaban J connectivity index is 2.55. The zero-order chi connectivity index (χ0) is 15.0. The molecule has 0 atom stereocenters. The van der Waals surface area contributed by atoms with Gasteiger partial charge in [-0.15, -0.1) is 0 Å². The van der Waals surface area contributed by atoms with Gasteiger partial charge >= 0.3 is 5.97 Å². The van der Waals surface area contributed by atoms with Crippen molar-refractivity contribution in [1.29, 1.82) is 0 Å². The summed E-state index contributed by atoms with van der Waals surface area (Å²) in [6, 6.07) is 6.56. The highest BCUT2D eigenvalue weighted by molar-refractivity contribution is 5.91. The molecule has 1 aromatic rings. The molecule has 0 unspecified atom stereocenters. The van der Waals surface area contributed by atoms with Crippen molar-refractivity contribution in [2.24, 2.45) is 0 Å². The number of carbonyl (C=O) groups excluding carboxylic acids is 1. The molecule has 2 N–H and O–H groups in total. The summed E-state index contributed by atoms with van der Waals surface area (Å²) in [5, 5.41) is 17.8. The highest BCUT2D eigenvalue weighted by atomic mass is 16.4. The first kappa shape index (κ1) is 16.2. The zero-order valence-electron chi connectivity index (χ0n) is 11.7. The molecule has 5 heteroatoms. The topological polar surface area (TPSA) is 77.8 Å². The summed E-state index contributed by atoms with van der Waals surface area (Å²) < 4.78 is 0. The average molecular weight is 279 g/mol. The second kappa shape index (κ2) is 8.32. The highest BCUT2D eigenvalue weighted by Crippen LogP contribution is 2.11. The summed E-state index contributed by atoms with van der Waals surface area (Å²) in [7, 11) is 1.71. The van der Waals surface area contributed by atoms with Crippen LogP contribution in [0.1, 0.15) is 35.2 Å². The van der Waals surface area contributed by atoms with E-state index in [0.717, 1.165) is 19.3 Å². The quantitative estimate of drug-likeness (QED) is 0.708. The SMILES string of the molecule is CN(CCCCCO)C(=O)Cc1ccccc1C(=O)O. The number of hydrogen-bond acceptors (Lipinski definition) is 3. The molecule has 0 heterocycles. The largest absolute Gasteiger partial charge is 0.478 e. The number of nitrogens with zero attached hydrogens (tertiary/aromatic N) is 1. The highest BCUT2D eigenvalue weighted by Gasteiger charge is 2.14. The monoisotopic (exact) mass is 279 g/mol. The van der Waals surface area contributed by atoms with Gasteiger partial charge in [-0.05, 0) is 30.9 Å². The zero-order valence-corrected chi connectivity index (χ0v) is 11.7. The van der Waals surface area contributed by atoms with E-state index in [1.165, 1.54) is 6.07 Å². The summed E-state index contributed by atoms with van der Waals surface area (Å²) in [5.74, 6) is -1.11. The van der Waals surface area contributed by atoms with Crippen LogP contribution in [0.5, 0.6) is 0 Å². The number of likely N-dealkylation sites (N-methyl/N-ethyl adjacent to an activating group) is 1. The Bertz CT molecular complexity index is 459. The van der Waals surface area contributed by atoms with Crippen LogP contribution in [0.25, 0.3) is 0 Å². The van der Waals surface area contributed by atoms with Crippen LogP contribution in [0.3, 0.4) is 0 Å². The van der Waals surface area contributed by atoms with Gasteiger partial charge in [-0.3, -0.25) is 4.79 Å². The number of carboxylic acids is 1. The summed E-state index contributed by atoms with van der Waals surface area (Å²) >= 11 is 0. The van der Waals surface area contributed by atoms with E-state index >= 15 is 0 Å². The predicted octanol–water partition coefficient (Wildman–Crippen LogP) is 1.55. The van der Waals surface area contributed by atoms with Crippen molar-refractivity contribution in [1.82, 2.24) is 4.90 Å². The first-order valence-electron chi connectivity index (χ1n) is 6.72. The van der Waals surface area contributed by atoms with Crippen LogP contribution in [-0.2, 0) is 11.2 Å². The van der Waals surface area contributed by atoms with E-state index in [0.29, 0.717) is 12.1 Å². The Kier molecular flexibility index (Phi) is 6.73. The molecule has 5 nitrogen and oxygen atoms in total. The Morgan fingerprint density at radius 3 is 2.50 bits per heavy atom. The minimum Gasteiger partial charge on any atom is -0.478 e. The number of carbonyl (C=O) groups is 2. The van der Waals surface area contributed by atoms with Crippen LogP contribution >= 0.6 is 0 Å². The maximum absolute atomic E-state index is 12.0. The van der Waals surface area contributed by atoms with Gasteiger partial charge in [0, 0.05) is 20.2 Å². The number of amides is 1. The van der Waals surface area contributed by atoms with E-state index in [4.69, 9.17) is 10.2 Å². The third-order valence-electron chi connectivity index (χ3n) is 3.17. The third kappa shape index (κ3) is 5.01. The average Bonchev–Trinajstić information content (AvgIpc) is 2.43. The molecule has 0 bridgehead atoms. The van der Waals surface area contributed by atoms with Crippen LogP contribution < -0.4 is 0 Å². The van der Waals surface area contributed by atoms with Crippen molar-refractivity contribution in [3.63, 3.8) is 0 Å². The van der Waals surface area contributed by atoms with Gasteiger partial charge in [-0.2, -0.15) is 0 Å². The van der Waals surface area contributed by atoms with Crippen LogP contribution in [-0.4, -0.2) is 47.2 Å². The molecule has 110 valence electrons. The van der Waals surface area contributed by atoms with Gasteiger partial charge < -0.3 is 15.1 Å². The van der Waals surface area contributed by atoms with Gasteiger partial charge in [0.05, 0.1) is 12.0 Å². The number of carboxylic acid groups (broad SMARTS) is 1. The normalized spacial score (nSPS) is 10.3. The van der Waals surface area contributed by atoms with Crippen molar-refractivity contribution >= 4 is 11.9 Å². The molecule has 0 aromatic heterocycles. The van der Waals surface area contributed by atoms with Crippen LogP contribution in [0.15, 0.2) is 24.3 Å². The third-order valence-corrected chi connectivity index (χ3v) is 3.17. The van der Waals surface area contributed by atoms with Crippen LogP contribution in [0, 0.1) is 0 Å². The first-order valence-corrected chi connectivity index (χ1v) is 6.72. The summed E-state index contributed by atoms with van der Waals surface area (Å²) in [6.45, 7) is 0.789. The van der Waals surface area contributed by atoms with Gasteiger partial charge in [0.2, 0.25) is 5.91 Å². The van der Waals surface area contributed by atoms with Gasteiger partial charge in [-0.25, -0.2) is 4.79 Å². The molecule has 0 saturated heterocycles. The number of aromatic carboxylic acids is 1. The van der Waals surface area contributed by atoms with Gasteiger partial charge in [0.15, 0.2) is 0 Å². The standard InChI is InChI=1S/C15H21NO4/c1-16(9-5-2-6-10-17)14(18)11-12-7-3-4-8-13(12)15(19)20/h3-4,7-8,17H,2,5-6,9-11H2,1H3,(H,19,20). The number of rotatable bonds is 8. The second-order valence-corrected chi connectivity index (χ2v) is 4.74. The second-order valence-electron chi connectivity index (χ2n) is 4.74. The lowest BCUT2D eigenvalue weighted by molar-refractivity contribution is -0.129. The van der Waals surface area contributed by atoms with E-state index in [2.05, 4.69) is 0 Å². The number of aliphatic hydroxyl groups excluding tert-OH is 1. The molecule has 1 amide bonds. The van der Waals surface area contributed by atoms with Crippen molar-refractivity contribution in [3.05, 3.63) is 35.4 Å². The van der Waals surface area contributed by atoms with Crippen molar-refractivity contribution in [3.8, 4) is 0 Å². The Labute approximate surface area is 118 Å². The smallest absolute Gasteiger partial charge is 0.335 e. The van der Waals surface area contributed by atoms with Crippen molar-refractivity contribution in [2.45, 2.75) is 25.7 Å². The fraction of sp³-hybridized carbons (Fsp3) is 0.467. The minimum atomic E-state index is -1.01. The van der Waals surface area contributed by atoms with E-state index < -0.39 is 5.97 Å². The molecule has 0 saturated carbocycles. The van der Waals surface area contributed by atoms with Crippen LogP contribution in [0.2, 0.25) is 0 Å². The van der Waals surface area contributed by atoms with E-state index in [9.17, 15) is 9.59 Å². The molecule has 1 rings (SSSR count). The summed E-state index contributed by atoms with van der Waals surface area (Å²) in [5.41, 5.74) is 0.710.